The average Bonchev–Trinajstić information content (AvgIpc) is 2.41. The van der Waals surface area contributed by atoms with E-state index in [1.165, 1.54) is 12.1 Å². The molecule has 1 aromatic rings. The van der Waals surface area contributed by atoms with Crippen LogP contribution in [0.15, 0.2) is 18.2 Å². The van der Waals surface area contributed by atoms with Crippen LogP contribution >= 0.6 is 0 Å². The maximum absolute atomic E-state index is 13.3. The Labute approximate surface area is 107 Å². The molecular weight excluding hydrogens is 233 g/mol. The zero-order valence-electron chi connectivity index (χ0n) is 10.9. The van der Waals surface area contributed by atoms with Gasteiger partial charge in [-0.15, -0.1) is 0 Å². The summed E-state index contributed by atoms with van der Waals surface area (Å²) in [5.41, 5.74) is 0.865. The largest absolute Gasteiger partial charge is 0.490 e. The molecule has 1 aliphatic rings. The number of nitrogens with one attached hydrogen (secondary N) is 1. The number of hydrogen-bond acceptors (Lipinski definition) is 3. The van der Waals surface area contributed by atoms with Gasteiger partial charge in [0.05, 0.1) is 13.2 Å². The van der Waals surface area contributed by atoms with Gasteiger partial charge in [-0.3, -0.25) is 0 Å². The van der Waals surface area contributed by atoms with Crippen molar-refractivity contribution in [3.63, 3.8) is 0 Å². The molecule has 3 nitrogen and oxygen atoms in total. The van der Waals surface area contributed by atoms with Crippen LogP contribution in [-0.4, -0.2) is 26.4 Å². The number of benzene rings is 1. The third-order valence-electron chi connectivity index (χ3n) is 3.33. The van der Waals surface area contributed by atoms with Crippen LogP contribution in [0.1, 0.15) is 31.4 Å². The second-order valence-electron chi connectivity index (χ2n) is 4.62. The van der Waals surface area contributed by atoms with E-state index in [-0.39, 0.29) is 18.0 Å². The predicted molar refractivity (Wildman–Crippen MR) is 68.3 cm³/mol. The van der Waals surface area contributed by atoms with Crippen molar-refractivity contribution in [2.24, 2.45) is 0 Å². The van der Waals surface area contributed by atoms with Crippen LogP contribution in [-0.2, 0) is 4.74 Å². The van der Waals surface area contributed by atoms with E-state index in [4.69, 9.17) is 9.47 Å². The molecule has 18 heavy (non-hydrogen) atoms. The predicted octanol–water partition coefficient (Wildman–Crippen LogP) is 2.66. The molecule has 1 atom stereocenters. The van der Waals surface area contributed by atoms with Crippen molar-refractivity contribution in [2.75, 3.05) is 20.3 Å². The van der Waals surface area contributed by atoms with E-state index in [1.54, 1.807) is 6.07 Å². The minimum Gasteiger partial charge on any atom is -0.490 e. The molecule has 0 aliphatic carbocycles. The minimum atomic E-state index is -0.230. The summed E-state index contributed by atoms with van der Waals surface area (Å²) in [4.78, 5) is 0. The molecule has 0 radical (unpaired) electrons. The van der Waals surface area contributed by atoms with Gasteiger partial charge in [-0.25, -0.2) is 4.39 Å². The Morgan fingerprint density at radius 3 is 2.78 bits per heavy atom. The first-order chi connectivity index (χ1) is 8.70. The normalized spacial score (nSPS) is 18.6. The van der Waals surface area contributed by atoms with E-state index in [0.29, 0.717) is 0 Å². The Kier molecular flexibility index (Phi) is 4.55. The second-order valence-corrected chi connectivity index (χ2v) is 4.62. The molecule has 4 heteroatoms. The third kappa shape index (κ3) is 3.21. The van der Waals surface area contributed by atoms with Gasteiger partial charge in [0.2, 0.25) is 0 Å². The third-order valence-corrected chi connectivity index (χ3v) is 3.33. The fraction of sp³-hybridized carbons (Fsp3) is 0.571. The van der Waals surface area contributed by atoms with Crippen molar-refractivity contribution >= 4 is 0 Å². The first-order valence-corrected chi connectivity index (χ1v) is 6.42. The van der Waals surface area contributed by atoms with Crippen LogP contribution in [0.3, 0.4) is 0 Å². The Morgan fingerprint density at radius 1 is 1.39 bits per heavy atom. The van der Waals surface area contributed by atoms with Crippen LogP contribution in [0.5, 0.6) is 5.75 Å². The van der Waals surface area contributed by atoms with E-state index in [2.05, 4.69) is 5.32 Å². The molecule has 1 heterocycles. The van der Waals surface area contributed by atoms with Gasteiger partial charge in [0.1, 0.15) is 17.7 Å². The topological polar surface area (TPSA) is 30.5 Å². The molecule has 0 bridgehead atoms. The summed E-state index contributed by atoms with van der Waals surface area (Å²) in [5, 5.41) is 3.11. The lowest BCUT2D eigenvalue weighted by Crippen LogP contribution is -2.26. The Bertz CT molecular complexity index is 391. The van der Waals surface area contributed by atoms with E-state index in [9.17, 15) is 4.39 Å². The van der Waals surface area contributed by atoms with Gasteiger partial charge in [0.25, 0.3) is 0 Å². The van der Waals surface area contributed by atoms with Gasteiger partial charge >= 0.3 is 0 Å². The summed E-state index contributed by atoms with van der Waals surface area (Å²) in [6, 6.07) is 4.76. The Morgan fingerprint density at radius 2 is 2.11 bits per heavy atom. The molecule has 100 valence electrons. The zero-order valence-corrected chi connectivity index (χ0v) is 10.9. The van der Waals surface area contributed by atoms with E-state index < -0.39 is 0 Å². The Hall–Kier alpha value is -1.13. The fourth-order valence-electron chi connectivity index (χ4n) is 2.09. The molecule has 1 N–H and O–H groups in total. The van der Waals surface area contributed by atoms with Crippen molar-refractivity contribution in [3.05, 3.63) is 29.6 Å². The van der Waals surface area contributed by atoms with Gasteiger partial charge in [-0.2, -0.15) is 0 Å². The van der Waals surface area contributed by atoms with Crippen LogP contribution in [0.4, 0.5) is 4.39 Å². The smallest absolute Gasteiger partial charge is 0.124 e. The molecule has 1 aliphatic heterocycles. The lowest BCUT2D eigenvalue weighted by atomic mass is 10.1. The number of halogens is 1. The molecule has 0 saturated carbocycles. The molecule has 1 saturated heterocycles. The average molecular weight is 253 g/mol. The van der Waals surface area contributed by atoms with Crippen LogP contribution in [0.2, 0.25) is 0 Å². The molecule has 1 unspecified atom stereocenters. The van der Waals surface area contributed by atoms with Crippen molar-refractivity contribution in [3.8, 4) is 5.75 Å². The highest BCUT2D eigenvalue weighted by molar-refractivity contribution is 5.36. The molecule has 1 aromatic carbocycles. The number of hydrogen-bond donors (Lipinski definition) is 1. The summed E-state index contributed by atoms with van der Waals surface area (Å²) in [6.07, 6.45) is 1.96. The van der Waals surface area contributed by atoms with E-state index in [0.717, 1.165) is 37.4 Å². The number of rotatable bonds is 4. The first-order valence-electron chi connectivity index (χ1n) is 6.42. The SMILES string of the molecule is CNC(C)c1cc(F)ccc1OC1CCOCC1. The lowest BCUT2D eigenvalue weighted by molar-refractivity contribution is 0.0250. The summed E-state index contributed by atoms with van der Waals surface area (Å²) in [6.45, 7) is 3.47. The van der Waals surface area contributed by atoms with Gasteiger partial charge in [-0.05, 0) is 32.2 Å². The Balaban J connectivity index is 2.15. The molecule has 0 aromatic heterocycles. The maximum Gasteiger partial charge on any atom is 0.124 e. The highest BCUT2D eigenvalue weighted by atomic mass is 19.1. The molecular formula is C14H20FNO2. The van der Waals surface area contributed by atoms with Crippen molar-refractivity contribution in [1.29, 1.82) is 0 Å². The quantitative estimate of drug-likeness (QED) is 0.895. The van der Waals surface area contributed by atoms with E-state index >= 15 is 0 Å². The maximum atomic E-state index is 13.3. The number of ether oxygens (including phenoxy) is 2. The molecule has 1 fully saturated rings. The standard InChI is InChI=1S/C14H20FNO2/c1-10(16-2)13-9-11(15)3-4-14(13)18-12-5-7-17-8-6-12/h3-4,9-10,12,16H,5-8H2,1-2H3. The zero-order chi connectivity index (χ0) is 13.0. The second kappa shape index (κ2) is 6.16. The minimum absolute atomic E-state index is 0.0653. The summed E-state index contributed by atoms with van der Waals surface area (Å²) in [5.74, 6) is 0.538. The highest BCUT2D eigenvalue weighted by Gasteiger charge is 2.18. The monoisotopic (exact) mass is 253 g/mol. The lowest BCUT2D eigenvalue weighted by Gasteiger charge is -2.25. The molecule has 0 amide bonds. The highest BCUT2D eigenvalue weighted by Crippen LogP contribution is 2.28. The molecule has 0 spiro atoms. The summed E-state index contributed by atoms with van der Waals surface area (Å²) >= 11 is 0. The van der Waals surface area contributed by atoms with Gasteiger partial charge in [0, 0.05) is 24.4 Å². The van der Waals surface area contributed by atoms with Crippen molar-refractivity contribution in [1.82, 2.24) is 5.32 Å². The van der Waals surface area contributed by atoms with Crippen molar-refractivity contribution in [2.45, 2.75) is 31.9 Å². The van der Waals surface area contributed by atoms with Crippen LogP contribution < -0.4 is 10.1 Å². The molecule has 2 rings (SSSR count). The van der Waals surface area contributed by atoms with Crippen molar-refractivity contribution < 1.29 is 13.9 Å². The summed E-state index contributed by atoms with van der Waals surface area (Å²) < 4.78 is 24.6. The first kappa shape index (κ1) is 13.3. The van der Waals surface area contributed by atoms with Gasteiger partial charge in [-0.1, -0.05) is 0 Å². The van der Waals surface area contributed by atoms with E-state index in [1.807, 2.05) is 14.0 Å². The fourth-order valence-corrected chi connectivity index (χ4v) is 2.09. The van der Waals surface area contributed by atoms with Crippen LogP contribution in [0.25, 0.3) is 0 Å². The summed E-state index contributed by atoms with van der Waals surface area (Å²) in [7, 11) is 1.85. The van der Waals surface area contributed by atoms with Crippen LogP contribution in [0, 0.1) is 5.82 Å². The van der Waals surface area contributed by atoms with Gasteiger partial charge in [0.15, 0.2) is 0 Å². The van der Waals surface area contributed by atoms with Gasteiger partial charge < -0.3 is 14.8 Å².